The van der Waals surface area contributed by atoms with Gasteiger partial charge in [-0.2, -0.15) is 0 Å². The number of nitrogens with two attached hydrogens (primary N) is 1. The summed E-state index contributed by atoms with van der Waals surface area (Å²) in [4.78, 5) is 12.1. The Morgan fingerprint density at radius 2 is 1.78 bits per heavy atom. The van der Waals surface area contributed by atoms with Gasteiger partial charge in [-0.3, -0.25) is 4.79 Å². The molecule has 3 N–H and O–H groups in total. The third kappa shape index (κ3) is 5.75. The Balaban J connectivity index is 1.75. The number of rotatable bonds is 7. The molecule has 4 heteroatoms. The van der Waals surface area contributed by atoms with E-state index in [1.165, 1.54) is 5.56 Å². The Morgan fingerprint density at radius 1 is 1.13 bits per heavy atom. The summed E-state index contributed by atoms with van der Waals surface area (Å²) in [5, 5.41) is 2.85. The molecule has 0 spiro atoms. The maximum absolute atomic E-state index is 12.1. The molecular weight excluding hydrogens is 288 g/mol. The number of ether oxygens (including phenoxy) is 1. The Bertz CT molecular complexity index is 611. The van der Waals surface area contributed by atoms with Gasteiger partial charge >= 0.3 is 0 Å². The van der Waals surface area contributed by atoms with Gasteiger partial charge in [0, 0.05) is 0 Å². The molecule has 0 fully saturated rings. The monoisotopic (exact) mass is 312 g/mol. The zero-order chi connectivity index (χ0) is 16.7. The standard InChI is InChI=1S/C19H24N2O2/c1-14-8-10-17(11-9-14)23-15(2)13-21-19(22)18(20)12-16-6-4-3-5-7-16/h3-11,15,18H,12-13,20H2,1-2H3,(H,21,22)/t15?,18-/m0/s1. The molecule has 1 amide bonds. The molecule has 122 valence electrons. The van der Waals surface area contributed by atoms with Crippen LogP contribution in [0.1, 0.15) is 18.1 Å². The van der Waals surface area contributed by atoms with Crippen LogP contribution in [-0.2, 0) is 11.2 Å². The van der Waals surface area contributed by atoms with E-state index in [-0.39, 0.29) is 12.0 Å². The van der Waals surface area contributed by atoms with Crippen LogP contribution in [0.3, 0.4) is 0 Å². The van der Waals surface area contributed by atoms with Crippen molar-refractivity contribution in [3.63, 3.8) is 0 Å². The zero-order valence-electron chi connectivity index (χ0n) is 13.7. The van der Waals surface area contributed by atoms with Gasteiger partial charge in [0.15, 0.2) is 0 Å². The minimum absolute atomic E-state index is 0.120. The van der Waals surface area contributed by atoms with Crippen molar-refractivity contribution in [2.24, 2.45) is 5.73 Å². The molecule has 1 unspecified atom stereocenters. The highest BCUT2D eigenvalue weighted by atomic mass is 16.5. The molecule has 2 aromatic rings. The molecule has 2 aromatic carbocycles. The number of carbonyl (C=O) groups excluding carboxylic acids is 1. The second-order valence-electron chi connectivity index (χ2n) is 5.78. The van der Waals surface area contributed by atoms with Crippen LogP contribution in [0.4, 0.5) is 0 Å². The Labute approximate surface area is 137 Å². The van der Waals surface area contributed by atoms with E-state index in [1.54, 1.807) is 0 Å². The highest BCUT2D eigenvalue weighted by Crippen LogP contribution is 2.13. The van der Waals surface area contributed by atoms with Gasteiger partial charge in [-0.05, 0) is 38.0 Å². The number of nitrogens with one attached hydrogen (secondary N) is 1. The van der Waals surface area contributed by atoms with Crippen LogP contribution in [-0.4, -0.2) is 24.6 Å². The molecule has 0 aromatic heterocycles. The largest absolute Gasteiger partial charge is 0.489 e. The van der Waals surface area contributed by atoms with Crippen molar-refractivity contribution in [2.75, 3.05) is 6.54 Å². The zero-order valence-corrected chi connectivity index (χ0v) is 13.7. The van der Waals surface area contributed by atoms with Gasteiger partial charge in [-0.1, -0.05) is 48.0 Å². The summed E-state index contributed by atoms with van der Waals surface area (Å²) in [6.07, 6.45) is 0.408. The third-order valence-electron chi connectivity index (χ3n) is 3.56. The van der Waals surface area contributed by atoms with E-state index in [9.17, 15) is 4.79 Å². The fourth-order valence-electron chi connectivity index (χ4n) is 2.23. The predicted molar refractivity (Wildman–Crippen MR) is 92.4 cm³/mol. The van der Waals surface area contributed by atoms with E-state index in [4.69, 9.17) is 10.5 Å². The average Bonchev–Trinajstić information content (AvgIpc) is 2.55. The Hall–Kier alpha value is -2.33. The summed E-state index contributed by atoms with van der Waals surface area (Å²) in [5.74, 6) is 0.638. The molecule has 0 radical (unpaired) electrons. The number of benzene rings is 2. The van der Waals surface area contributed by atoms with Crippen LogP contribution >= 0.6 is 0 Å². The first-order valence-corrected chi connectivity index (χ1v) is 7.85. The van der Waals surface area contributed by atoms with Crippen LogP contribution in [0, 0.1) is 6.92 Å². The smallest absolute Gasteiger partial charge is 0.237 e. The highest BCUT2D eigenvalue weighted by molar-refractivity contribution is 5.81. The van der Waals surface area contributed by atoms with E-state index < -0.39 is 6.04 Å². The van der Waals surface area contributed by atoms with Crippen molar-refractivity contribution in [1.29, 1.82) is 0 Å². The van der Waals surface area contributed by atoms with Crippen molar-refractivity contribution in [2.45, 2.75) is 32.4 Å². The van der Waals surface area contributed by atoms with Crippen LogP contribution < -0.4 is 15.8 Å². The quantitative estimate of drug-likeness (QED) is 0.825. The van der Waals surface area contributed by atoms with Gasteiger partial charge in [0.2, 0.25) is 5.91 Å². The summed E-state index contributed by atoms with van der Waals surface area (Å²) in [5.41, 5.74) is 8.19. The maximum atomic E-state index is 12.1. The molecule has 0 aliphatic heterocycles. The molecule has 0 aliphatic rings. The first-order chi connectivity index (χ1) is 11.0. The molecule has 0 saturated heterocycles. The second-order valence-corrected chi connectivity index (χ2v) is 5.78. The lowest BCUT2D eigenvalue weighted by molar-refractivity contribution is -0.122. The Kier molecular flexibility index (Phi) is 6.18. The Morgan fingerprint density at radius 3 is 2.43 bits per heavy atom. The van der Waals surface area contributed by atoms with Crippen molar-refractivity contribution in [1.82, 2.24) is 5.32 Å². The number of hydrogen-bond donors (Lipinski definition) is 2. The summed E-state index contributed by atoms with van der Waals surface area (Å²) in [6, 6.07) is 17.1. The number of carbonyl (C=O) groups is 1. The molecule has 2 atom stereocenters. The number of amides is 1. The van der Waals surface area contributed by atoms with Gasteiger partial charge < -0.3 is 15.8 Å². The SMILES string of the molecule is Cc1ccc(OC(C)CNC(=O)[C@@H](N)Cc2ccccc2)cc1. The minimum atomic E-state index is -0.552. The number of aryl methyl sites for hydroxylation is 1. The number of hydrogen-bond acceptors (Lipinski definition) is 3. The predicted octanol–water partition coefficient (Wildman–Crippen LogP) is 2.45. The van der Waals surface area contributed by atoms with Crippen LogP contribution in [0.25, 0.3) is 0 Å². The third-order valence-corrected chi connectivity index (χ3v) is 3.56. The topological polar surface area (TPSA) is 64.3 Å². The minimum Gasteiger partial charge on any atom is -0.489 e. The summed E-state index contributed by atoms with van der Waals surface area (Å²) < 4.78 is 5.76. The van der Waals surface area contributed by atoms with E-state index in [0.717, 1.165) is 11.3 Å². The fourth-order valence-corrected chi connectivity index (χ4v) is 2.23. The molecule has 4 nitrogen and oxygen atoms in total. The van der Waals surface area contributed by atoms with Crippen molar-refractivity contribution < 1.29 is 9.53 Å². The average molecular weight is 312 g/mol. The highest BCUT2D eigenvalue weighted by Gasteiger charge is 2.15. The first kappa shape index (κ1) is 17.0. The molecule has 0 saturated carbocycles. The van der Waals surface area contributed by atoms with Gasteiger partial charge in [0.1, 0.15) is 11.9 Å². The van der Waals surface area contributed by atoms with Crippen LogP contribution in [0.5, 0.6) is 5.75 Å². The van der Waals surface area contributed by atoms with E-state index in [1.807, 2.05) is 68.4 Å². The van der Waals surface area contributed by atoms with E-state index in [2.05, 4.69) is 5.32 Å². The van der Waals surface area contributed by atoms with Crippen molar-refractivity contribution in [3.05, 3.63) is 65.7 Å². The van der Waals surface area contributed by atoms with Crippen molar-refractivity contribution in [3.8, 4) is 5.75 Å². The lowest BCUT2D eigenvalue weighted by Gasteiger charge is -2.17. The molecule has 2 rings (SSSR count). The van der Waals surface area contributed by atoms with Crippen LogP contribution in [0.2, 0.25) is 0 Å². The molecular formula is C19H24N2O2. The lowest BCUT2D eigenvalue weighted by Crippen LogP contribution is -2.45. The maximum Gasteiger partial charge on any atom is 0.237 e. The molecule has 0 heterocycles. The molecule has 0 bridgehead atoms. The van der Waals surface area contributed by atoms with Crippen LogP contribution in [0.15, 0.2) is 54.6 Å². The first-order valence-electron chi connectivity index (χ1n) is 7.85. The van der Waals surface area contributed by atoms with Gasteiger partial charge in [0.05, 0.1) is 12.6 Å². The lowest BCUT2D eigenvalue weighted by atomic mass is 10.1. The normalized spacial score (nSPS) is 13.2. The summed E-state index contributed by atoms with van der Waals surface area (Å²) in [6.45, 7) is 4.37. The molecule has 23 heavy (non-hydrogen) atoms. The van der Waals surface area contributed by atoms with Crippen molar-refractivity contribution >= 4 is 5.91 Å². The van der Waals surface area contributed by atoms with Gasteiger partial charge in [-0.25, -0.2) is 0 Å². The summed E-state index contributed by atoms with van der Waals surface area (Å²) in [7, 11) is 0. The van der Waals surface area contributed by atoms with E-state index in [0.29, 0.717) is 13.0 Å². The van der Waals surface area contributed by atoms with Gasteiger partial charge in [0.25, 0.3) is 0 Å². The summed E-state index contributed by atoms with van der Waals surface area (Å²) >= 11 is 0. The fraction of sp³-hybridized carbons (Fsp3) is 0.316. The second kappa shape index (κ2) is 8.34. The van der Waals surface area contributed by atoms with E-state index >= 15 is 0 Å². The molecule has 0 aliphatic carbocycles. The van der Waals surface area contributed by atoms with Gasteiger partial charge in [-0.15, -0.1) is 0 Å².